The highest BCUT2D eigenvalue weighted by Crippen LogP contribution is 2.23. The molecule has 0 aromatic heterocycles. The van der Waals surface area contributed by atoms with Gasteiger partial charge in [-0.05, 0) is 52.4 Å². The van der Waals surface area contributed by atoms with Crippen molar-refractivity contribution < 1.29 is 9.90 Å². The normalized spacial score (nSPS) is 28.6. The Labute approximate surface area is 109 Å². The van der Waals surface area contributed by atoms with Gasteiger partial charge in [0.1, 0.15) is 0 Å². The van der Waals surface area contributed by atoms with Gasteiger partial charge in [-0.2, -0.15) is 0 Å². The number of carbonyl (C=O) groups is 1. The summed E-state index contributed by atoms with van der Waals surface area (Å²) >= 11 is 0. The van der Waals surface area contributed by atoms with Crippen molar-refractivity contribution in [2.75, 3.05) is 33.2 Å². The number of hydrogen-bond donors (Lipinski definition) is 1. The van der Waals surface area contributed by atoms with Gasteiger partial charge in [0.2, 0.25) is 0 Å². The molecular formula is C12H23ClN2O2. The lowest BCUT2D eigenvalue weighted by molar-refractivity contribution is -0.144. The van der Waals surface area contributed by atoms with Crippen LogP contribution >= 0.6 is 12.4 Å². The minimum absolute atomic E-state index is 0. The number of nitrogens with zero attached hydrogens (tertiary/aromatic N) is 2. The second-order valence-electron chi connectivity index (χ2n) is 5.21. The van der Waals surface area contributed by atoms with Crippen molar-refractivity contribution in [2.45, 2.75) is 31.7 Å². The average molecular weight is 263 g/mol. The summed E-state index contributed by atoms with van der Waals surface area (Å²) in [6.45, 7) is 4.17. The summed E-state index contributed by atoms with van der Waals surface area (Å²) in [7, 11) is 2.16. The molecule has 1 N–H and O–H groups in total. The lowest BCUT2D eigenvalue weighted by atomic mass is 9.94. The number of halogens is 1. The van der Waals surface area contributed by atoms with Crippen molar-refractivity contribution in [3.63, 3.8) is 0 Å². The summed E-state index contributed by atoms with van der Waals surface area (Å²) in [6.07, 6.45) is 4.30. The summed E-state index contributed by atoms with van der Waals surface area (Å²) in [4.78, 5) is 15.8. The van der Waals surface area contributed by atoms with Crippen molar-refractivity contribution in [2.24, 2.45) is 5.92 Å². The molecule has 0 spiro atoms. The number of rotatable bonds is 2. The van der Waals surface area contributed by atoms with Crippen LogP contribution in [0.25, 0.3) is 0 Å². The summed E-state index contributed by atoms with van der Waals surface area (Å²) in [5.74, 6) is -0.744. The first kappa shape index (κ1) is 14.7. The van der Waals surface area contributed by atoms with Crippen LogP contribution in [0.3, 0.4) is 0 Å². The molecule has 2 saturated heterocycles. The number of piperidine rings is 2. The highest BCUT2D eigenvalue weighted by atomic mass is 35.5. The molecule has 2 rings (SSSR count). The van der Waals surface area contributed by atoms with Crippen LogP contribution in [0.2, 0.25) is 0 Å². The van der Waals surface area contributed by atoms with Crippen LogP contribution < -0.4 is 0 Å². The average Bonchev–Trinajstić information content (AvgIpc) is 2.30. The van der Waals surface area contributed by atoms with Gasteiger partial charge in [-0.3, -0.25) is 9.69 Å². The van der Waals surface area contributed by atoms with Crippen LogP contribution in [0.1, 0.15) is 25.7 Å². The number of aliphatic carboxylic acids is 1. The highest BCUT2D eigenvalue weighted by Gasteiger charge is 2.30. The molecule has 2 fully saturated rings. The number of likely N-dealkylation sites (tertiary alicyclic amines) is 2. The first-order valence-corrected chi connectivity index (χ1v) is 6.32. The quantitative estimate of drug-likeness (QED) is 0.815. The molecule has 0 amide bonds. The van der Waals surface area contributed by atoms with Crippen molar-refractivity contribution in [1.82, 2.24) is 9.80 Å². The van der Waals surface area contributed by atoms with E-state index < -0.39 is 5.97 Å². The Hall–Kier alpha value is -0.320. The molecule has 5 heteroatoms. The molecule has 0 saturated carbocycles. The molecule has 0 aromatic carbocycles. The van der Waals surface area contributed by atoms with Crippen molar-refractivity contribution in [3.05, 3.63) is 0 Å². The molecule has 0 bridgehead atoms. The Morgan fingerprint density at radius 1 is 1.18 bits per heavy atom. The molecule has 2 heterocycles. The molecule has 0 aliphatic carbocycles. The summed E-state index contributed by atoms with van der Waals surface area (Å²) in [6, 6.07) is 0.623. The van der Waals surface area contributed by atoms with Gasteiger partial charge in [-0.1, -0.05) is 0 Å². The molecule has 2 aliphatic rings. The van der Waals surface area contributed by atoms with E-state index in [-0.39, 0.29) is 18.3 Å². The smallest absolute Gasteiger partial charge is 0.307 e. The standard InChI is InChI=1S/C12H22N2O2.ClH/c1-13-7-4-11(5-8-13)14-6-2-3-10(9-14)12(15)16;/h10-11H,2-9H2,1H3,(H,15,16);1H. The Balaban J connectivity index is 0.00000144. The number of carboxylic acids is 1. The molecule has 4 nitrogen and oxygen atoms in total. The summed E-state index contributed by atoms with van der Waals surface area (Å²) in [5, 5.41) is 9.06. The maximum atomic E-state index is 11.0. The van der Waals surface area contributed by atoms with Gasteiger partial charge in [0.15, 0.2) is 0 Å². The van der Waals surface area contributed by atoms with E-state index in [1.807, 2.05) is 0 Å². The SMILES string of the molecule is CN1CCC(N2CCCC(C(=O)O)C2)CC1.Cl. The van der Waals surface area contributed by atoms with E-state index in [1.165, 1.54) is 12.8 Å². The van der Waals surface area contributed by atoms with E-state index >= 15 is 0 Å². The maximum absolute atomic E-state index is 11.0. The van der Waals surface area contributed by atoms with Crippen LogP contribution in [-0.4, -0.2) is 60.1 Å². The molecule has 17 heavy (non-hydrogen) atoms. The van der Waals surface area contributed by atoms with Crippen molar-refractivity contribution >= 4 is 18.4 Å². The fraction of sp³-hybridized carbons (Fsp3) is 0.917. The molecule has 1 unspecified atom stereocenters. The zero-order valence-corrected chi connectivity index (χ0v) is 11.3. The van der Waals surface area contributed by atoms with Crippen molar-refractivity contribution in [3.8, 4) is 0 Å². The van der Waals surface area contributed by atoms with Gasteiger partial charge in [0.25, 0.3) is 0 Å². The van der Waals surface area contributed by atoms with E-state index in [0.29, 0.717) is 6.04 Å². The molecule has 0 aromatic rings. The fourth-order valence-corrected chi connectivity index (χ4v) is 2.90. The predicted molar refractivity (Wildman–Crippen MR) is 69.7 cm³/mol. The van der Waals surface area contributed by atoms with Crippen LogP contribution in [0.15, 0.2) is 0 Å². The number of carboxylic acid groups (broad SMARTS) is 1. The topological polar surface area (TPSA) is 43.8 Å². The lowest BCUT2D eigenvalue weighted by Gasteiger charge is -2.40. The zero-order chi connectivity index (χ0) is 11.5. The minimum Gasteiger partial charge on any atom is -0.481 e. The Bertz CT molecular complexity index is 255. The largest absolute Gasteiger partial charge is 0.481 e. The van der Waals surface area contributed by atoms with E-state index in [4.69, 9.17) is 5.11 Å². The molecule has 1 atom stereocenters. The van der Waals surface area contributed by atoms with Crippen LogP contribution in [0, 0.1) is 5.92 Å². The lowest BCUT2D eigenvalue weighted by Crippen LogP contribution is -2.48. The first-order chi connectivity index (χ1) is 7.66. The fourth-order valence-electron chi connectivity index (χ4n) is 2.90. The maximum Gasteiger partial charge on any atom is 0.307 e. The molecular weight excluding hydrogens is 240 g/mol. The summed E-state index contributed by atoms with van der Waals surface area (Å²) < 4.78 is 0. The molecule has 2 aliphatic heterocycles. The van der Waals surface area contributed by atoms with Crippen LogP contribution in [0.5, 0.6) is 0 Å². The van der Waals surface area contributed by atoms with E-state index in [2.05, 4.69) is 16.8 Å². The van der Waals surface area contributed by atoms with Gasteiger partial charge in [0, 0.05) is 12.6 Å². The van der Waals surface area contributed by atoms with Gasteiger partial charge in [-0.15, -0.1) is 12.4 Å². The van der Waals surface area contributed by atoms with Crippen LogP contribution in [-0.2, 0) is 4.79 Å². The van der Waals surface area contributed by atoms with Gasteiger partial charge < -0.3 is 10.0 Å². The number of hydrogen-bond acceptors (Lipinski definition) is 3. The predicted octanol–water partition coefficient (Wildman–Crippen LogP) is 1.30. The second-order valence-corrected chi connectivity index (χ2v) is 5.21. The minimum atomic E-state index is -0.613. The van der Waals surface area contributed by atoms with Crippen molar-refractivity contribution in [1.29, 1.82) is 0 Å². The third-order valence-electron chi connectivity index (χ3n) is 4.01. The Kier molecular flexibility index (Phi) is 5.70. The highest BCUT2D eigenvalue weighted by molar-refractivity contribution is 5.85. The molecule has 0 radical (unpaired) electrons. The van der Waals surface area contributed by atoms with Crippen LogP contribution in [0.4, 0.5) is 0 Å². The Morgan fingerprint density at radius 3 is 2.41 bits per heavy atom. The molecule has 100 valence electrons. The van der Waals surface area contributed by atoms with E-state index in [1.54, 1.807) is 0 Å². The second kappa shape index (κ2) is 6.57. The van der Waals surface area contributed by atoms with Gasteiger partial charge in [-0.25, -0.2) is 0 Å². The zero-order valence-electron chi connectivity index (χ0n) is 10.5. The van der Waals surface area contributed by atoms with Gasteiger partial charge >= 0.3 is 5.97 Å². The monoisotopic (exact) mass is 262 g/mol. The first-order valence-electron chi connectivity index (χ1n) is 6.32. The Morgan fingerprint density at radius 2 is 1.82 bits per heavy atom. The summed E-state index contributed by atoms with van der Waals surface area (Å²) in [5.41, 5.74) is 0. The van der Waals surface area contributed by atoms with E-state index in [9.17, 15) is 4.79 Å². The van der Waals surface area contributed by atoms with E-state index in [0.717, 1.165) is 39.0 Å². The third-order valence-corrected chi connectivity index (χ3v) is 4.01. The van der Waals surface area contributed by atoms with Gasteiger partial charge in [0.05, 0.1) is 5.92 Å². The third kappa shape index (κ3) is 3.83.